The van der Waals surface area contributed by atoms with Gasteiger partial charge in [-0.2, -0.15) is 0 Å². The minimum absolute atomic E-state index is 0.151. The van der Waals surface area contributed by atoms with Crippen molar-refractivity contribution in [2.24, 2.45) is 10.8 Å². The zero-order chi connectivity index (χ0) is 54.8. The van der Waals surface area contributed by atoms with Crippen molar-refractivity contribution in [3.05, 3.63) is 48.5 Å². The van der Waals surface area contributed by atoms with Gasteiger partial charge in [0.1, 0.15) is 59.9 Å². The fourth-order valence-corrected chi connectivity index (χ4v) is 11.7. The molecule has 0 aromatic heterocycles. The maximum Gasteiger partial charge on any atom is 0.410 e. The van der Waals surface area contributed by atoms with E-state index in [1.807, 2.05) is 52.0 Å². The van der Waals surface area contributed by atoms with E-state index in [4.69, 9.17) is 18.9 Å². The molecule has 0 bridgehead atoms. The third kappa shape index (κ3) is 13.4. The van der Waals surface area contributed by atoms with Crippen molar-refractivity contribution in [1.29, 1.82) is 0 Å². The molecule has 4 heterocycles. The number of carbonyl (C=O) groups is 8. The highest BCUT2D eigenvalue weighted by Crippen LogP contribution is 2.47. The van der Waals surface area contributed by atoms with Crippen molar-refractivity contribution in [1.82, 2.24) is 30.2 Å². The molecule has 8 amide bonds. The Kier molecular flexibility index (Phi) is 17.7. The lowest BCUT2D eigenvalue weighted by Gasteiger charge is -2.34. The molecule has 4 N–H and O–H groups in total. The summed E-state index contributed by atoms with van der Waals surface area (Å²) in [6, 6.07) is 8.48. The van der Waals surface area contributed by atoms with Crippen LogP contribution in [-0.2, 0) is 47.7 Å². The van der Waals surface area contributed by atoms with E-state index in [9.17, 15) is 38.4 Å². The zero-order valence-corrected chi connectivity index (χ0v) is 46.6. The summed E-state index contributed by atoms with van der Waals surface area (Å²) in [6.45, 7) is 21.3. The molecule has 4 aliphatic rings. The molecular formula is C52H74N8O12S2. The van der Waals surface area contributed by atoms with E-state index < -0.39 is 118 Å². The predicted octanol–water partition coefficient (Wildman–Crippen LogP) is 6.59. The van der Waals surface area contributed by atoms with Gasteiger partial charge in [0.2, 0.25) is 35.4 Å². The van der Waals surface area contributed by atoms with Gasteiger partial charge in [-0.25, -0.2) is 9.59 Å². The third-order valence-electron chi connectivity index (χ3n) is 13.5. The highest BCUT2D eigenvalue weighted by molar-refractivity contribution is 8.76. The molecule has 22 heteroatoms. The van der Waals surface area contributed by atoms with Crippen LogP contribution in [0.5, 0.6) is 0 Å². The number of hydrogen-bond acceptors (Lipinski definition) is 14. The Hall–Kier alpha value is -5.58. The van der Waals surface area contributed by atoms with Crippen LogP contribution in [0, 0.1) is 10.8 Å². The van der Waals surface area contributed by atoms with Gasteiger partial charge in [-0.05, 0) is 103 Å². The second kappa shape index (κ2) is 22.7. The summed E-state index contributed by atoms with van der Waals surface area (Å²) < 4.78 is 23.2. The number of para-hydroxylation sites is 2. The second-order valence-electron chi connectivity index (χ2n) is 22.7. The van der Waals surface area contributed by atoms with Gasteiger partial charge in [0.15, 0.2) is 0 Å². The lowest BCUT2D eigenvalue weighted by molar-refractivity contribution is -0.148. The average molecular weight is 1070 g/mol. The van der Waals surface area contributed by atoms with Crippen LogP contribution in [0.3, 0.4) is 0 Å². The Morgan fingerprint density at radius 3 is 1.30 bits per heavy atom. The molecule has 406 valence electrons. The van der Waals surface area contributed by atoms with Crippen LogP contribution >= 0.6 is 21.6 Å². The number of hydrogen-bond donors (Lipinski definition) is 4. The van der Waals surface area contributed by atoms with Crippen molar-refractivity contribution < 1.29 is 57.3 Å². The average Bonchev–Trinajstić information content (AvgIpc) is 3.62. The first-order valence-corrected chi connectivity index (χ1v) is 27.1. The number of anilines is 2. The Bertz CT molecular complexity index is 2310. The number of benzene rings is 2. The molecule has 0 spiro atoms. The molecule has 74 heavy (non-hydrogen) atoms. The molecule has 20 nitrogen and oxygen atoms in total. The molecule has 0 radical (unpaired) electrons. The number of carbonyl (C=O) groups excluding carboxylic acids is 8. The van der Waals surface area contributed by atoms with Crippen LogP contribution in [0.15, 0.2) is 58.3 Å². The maximum atomic E-state index is 14.5. The molecule has 1 unspecified atom stereocenters. The lowest BCUT2D eigenvalue weighted by atomic mass is 9.83. The topological polar surface area (TPSA) is 235 Å². The van der Waals surface area contributed by atoms with Gasteiger partial charge in [0, 0.05) is 36.7 Å². The van der Waals surface area contributed by atoms with Crippen molar-refractivity contribution in [2.75, 3.05) is 37.9 Å². The van der Waals surface area contributed by atoms with E-state index in [0.717, 1.165) is 0 Å². The van der Waals surface area contributed by atoms with E-state index >= 15 is 0 Å². The van der Waals surface area contributed by atoms with Gasteiger partial charge in [0.25, 0.3) is 0 Å². The SMILES string of the molecule is C[C@@H](C(=O)N[C@H]1CCO[C@H]2CC(C)(C)C(C(=O)Nc3ccccc3SSc3ccccc3NC(=O)[C@@H]3N4C(=O)[C@@H](NC(=O)[C@H](C)N(C)C(=O)OC(C)(C)C)CCO[C@H]4CC3(C)C)N2C1=O)N(C)C(=O)OC(C)(C)C. The quantitative estimate of drug-likeness (QED) is 0.155. The lowest BCUT2D eigenvalue weighted by Crippen LogP contribution is -2.57. The summed E-state index contributed by atoms with van der Waals surface area (Å²) in [7, 11) is 5.58. The van der Waals surface area contributed by atoms with Crippen LogP contribution in [0.2, 0.25) is 0 Å². The minimum atomic E-state index is -1.02. The first-order valence-electron chi connectivity index (χ1n) is 24.9. The van der Waals surface area contributed by atoms with E-state index in [0.29, 0.717) is 34.0 Å². The number of nitrogens with one attached hydrogen (secondary N) is 4. The van der Waals surface area contributed by atoms with Crippen LogP contribution in [0.25, 0.3) is 0 Å². The second-order valence-corrected chi connectivity index (χ2v) is 24.9. The summed E-state index contributed by atoms with van der Waals surface area (Å²) in [5.41, 5.74) is -2.06. The molecule has 2 aromatic rings. The molecular weight excluding hydrogens is 993 g/mol. The summed E-state index contributed by atoms with van der Waals surface area (Å²) in [5.74, 6) is -2.96. The Labute approximate surface area is 442 Å². The van der Waals surface area contributed by atoms with Crippen LogP contribution in [0.4, 0.5) is 21.0 Å². The number of rotatable bonds is 13. The van der Waals surface area contributed by atoms with Crippen molar-refractivity contribution >= 4 is 80.6 Å². The largest absolute Gasteiger partial charge is 0.444 e. The first-order chi connectivity index (χ1) is 34.4. The van der Waals surface area contributed by atoms with Crippen molar-refractivity contribution in [3.8, 4) is 0 Å². The van der Waals surface area contributed by atoms with Crippen LogP contribution in [-0.4, -0.2) is 154 Å². The zero-order valence-electron chi connectivity index (χ0n) is 45.0. The van der Waals surface area contributed by atoms with E-state index in [-0.39, 0.29) is 26.1 Å². The first kappa shape index (κ1) is 57.7. The molecule has 4 fully saturated rings. The number of likely N-dealkylation sites (N-methyl/N-ethyl adjacent to an activating group) is 2. The summed E-state index contributed by atoms with van der Waals surface area (Å²) >= 11 is 0. The van der Waals surface area contributed by atoms with E-state index in [1.54, 1.807) is 65.8 Å². The highest BCUT2D eigenvalue weighted by Gasteiger charge is 2.56. The third-order valence-corrected chi connectivity index (χ3v) is 16.0. The van der Waals surface area contributed by atoms with Crippen LogP contribution in [0.1, 0.15) is 109 Å². The number of ether oxygens (including phenoxy) is 4. The predicted molar refractivity (Wildman–Crippen MR) is 279 cm³/mol. The van der Waals surface area contributed by atoms with E-state index in [1.165, 1.54) is 69.1 Å². The fraction of sp³-hybridized carbons (Fsp3) is 0.615. The standard InChI is InChI=1S/C52H74N8O12S2/c1-29(57(13)47(67)71-49(3,4)5)41(61)55-33-23-25-69-37-27-51(9,10)39(59(37)45(33)65)43(63)53-31-19-15-17-21-35(31)73-74-36-22-18-16-20-32(36)54-44(64)40-52(11,12)28-38-60(40)46(66)34(24-26-70-38)56-42(62)30(2)58(14)48(68)72-50(6,7)8/h15-22,29-30,33-34,37-40H,23-28H2,1-14H3,(H,53,63)(H,54,64)(H,55,61)(H,56,62)/t29-,30-,33-,34-,37-,38-,39-,40?/m0/s1. The van der Waals surface area contributed by atoms with Gasteiger partial charge < -0.3 is 50.0 Å². The molecule has 0 saturated carbocycles. The van der Waals surface area contributed by atoms with Gasteiger partial charge in [0.05, 0.1) is 24.6 Å². The summed E-state index contributed by atoms with van der Waals surface area (Å²) in [6.07, 6.45) is -1.75. The van der Waals surface area contributed by atoms with E-state index in [2.05, 4.69) is 21.3 Å². The molecule has 2 aromatic carbocycles. The molecule has 4 saturated heterocycles. The monoisotopic (exact) mass is 1070 g/mol. The van der Waals surface area contributed by atoms with Crippen LogP contribution < -0.4 is 21.3 Å². The van der Waals surface area contributed by atoms with Gasteiger partial charge in [-0.1, -0.05) is 73.5 Å². The van der Waals surface area contributed by atoms with Crippen molar-refractivity contribution in [2.45, 2.75) is 178 Å². The molecule has 8 atom stereocenters. The van der Waals surface area contributed by atoms with Gasteiger partial charge in [-0.3, -0.25) is 38.6 Å². The summed E-state index contributed by atoms with van der Waals surface area (Å²) in [4.78, 5) is 117. The van der Waals surface area contributed by atoms with Crippen molar-refractivity contribution in [3.63, 3.8) is 0 Å². The highest BCUT2D eigenvalue weighted by atomic mass is 33.1. The summed E-state index contributed by atoms with van der Waals surface area (Å²) in [5, 5.41) is 11.7. The van der Waals surface area contributed by atoms with Gasteiger partial charge >= 0.3 is 12.2 Å². The number of amides is 8. The minimum Gasteiger partial charge on any atom is -0.444 e. The maximum absolute atomic E-state index is 14.5. The molecule has 4 aliphatic heterocycles. The number of fused-ring (bicyclic) bond motifs is 2. The smallest absolute Gasteiger partial charge is 0.410 e. The number of nitrogens with zero attached hydrogens (tertiary/aromatic N) is 4. The Morgan fingerprint density at radius 1 is 0.622 bits per heavy atom. The molecule has 0 aliphatic carbocycles. The Balaban J connectivity index is 1.13. The Morgan fingerprint density at radius 2 is 0.959 bits per heavy atom. The fourth-order valence-electron chi connectivity index (χ4n) is 9.40. The normalized spacial score (nSPS) is 24.2. The van der Waals surface area contributed by atoms with Gasteiger partial charge in [-0.15, -0.1) is 0 Å². The molecule has 6 rings (SSSR count).